The van der Waals surface area contributed by atoms with Gasteiger partial charge in [-0.15, -0.1) is 0 Å². The molecule has 4 N–H and O–H groups in total. The second kappa shape index (κ2) is 22.9. The van der Waals surface area contributed by atoms with Gasteiger partial charge < -0.3 is 11.5 Å². The molecule has 0 saturated heterocycles. The van der Waals surface area contributed by atoms with E-state index in [1.165, 1.54) is 77.0 Å². The molecule has 0 fully saturated rings. The average molecular weight is 431 g/mol. The molecule has 0 amide bonds. The summed E-state index contributed by atoms with van der Waals surface area (Å²) in [5.41, 5.74) is 12.0. The molecule has 0 aromatic heterocycles. The van der Waals surface area contributed by atoms with E-state index in [1.807, 2.05) is 0 Å². The Labute approximate surface area is 183 Å². The molecule has 166 valence electrons. The van der Waals surface area contributed by atoms with Gasteiger partial charge in [-0.3, -0.25) is 9.98 Å². The first kappa shape index (κ1) is 27.6. The minimum absolute atomic E-state index is 0.752. The van der Waals surface area contributed by atoms with E-state index in [0.717, 1.165) is 49.1 Å². The quantitative estimate of drug-likeness (QED) is 0.0932. The van der Waals surface area contributed by atoms with Gasteiger partial charge in [0.1, 0.15) is 11.7 Å². The van der Waals surface area contributed by atoms with Crippen molar-refractivity contribution in [1.29, 1.82) is 0 Å². The Balaban J connectivity index is 3.48. The van der Waals surface area contributed by atoms with E-state index in [2.05, 4.69) is 23.8 Å². The van der Waals surface area contributed by atoms with Crippen LogP contribution >= 0.6 is 21.6 Å². The van der Waals surface area contributed by atoms with E-state index >= 15 is 0 Å². The third-order valence-electron chi connectivity index (χ3n) is 4.65. The zero-order valence-electron chi connectivity index (χ0n) is 18.6. The maximum atomic E-state index is 5.98. The Hall–Kier alpha value is -0.360. The molecular formula is C22H46N4S2. The molecule has 0 rings (SSSR count). The van der Waals surface area contributed by atoms with Crippen LogP contribution < -0.4 is 11.5 Å². The van der Waals surface area contributed by atoms with Crippen molar-refractivity contribution in [3.8, 4) is 0 Å². The topological polar surface area (TPSA) is 76.8 Å². The van der Waals surface area contributed by atoms with Gasteiger partial charge in [0.05, 0.1) is 11.5 Å². The van der Waals surface area contributed by atoms with Crippen LogP contribution in [-0.2, 0) is 0 Å². The standard InChI is InChI=1S/C22H46N4S2/c1-3-5-7-9-11-13-15-17-25-21(23)19-27-28-20-22(24)26-18-16-14-12-10-8-6-4-2/h3-20H2,1-2H3,(H2,23,25)(H2,24,26). The number of hydrogen-bond donors (Lipinski definition) is 2. The first-order chi connectivity index (χ1) is 13.7. The number of nitrogens with zero attached hydrogens (tertiary/aromatic N) is 2. The van der Waals surface area contributed by atoms with Crippen molar-refractivity contribution in [2.24, 2.45) is 21.5 Å². The summed E-state index contributed by atoms with van der Waals surface area (Å²) in [7, 11) is 3.44. The van der Waals surface area contributed by atoms with E-state index in [0.29, 0.717) is 0 Å². The van der Waals surface area contributed by atoms with Gasteiger partial charge in [0.25, 0.3) is 0 Å². The second-order valence-electron chi connectivity index (χ2n) is 7.51. The maximum absolute atomic E-state index is 5.98. The van der Waals surface area contributed by atoms with Crippen molar-refractivity contribution < 1.29 is 0 Å². The van der Waals surface area contributed by atoms with Crippen LogP contribution in [0.2, 0.25) is 0 Å². The van der Waals surface area contributed by atoms with Crippen LogP contribution in [-0.4, -0.2) is 36.3 Å². The van der Waals surface area contributed by atoms with Crippen LogP contribution in [0.25, 0.3) is 0 Å². The number of nitrogens with two attached hydrogens (primary N) is 2. The third kappa shape index (κ3) is 21.9. The zero-order chi connectivity index (χ0) is 20.7. The summed E-state index contributed by atoms with van der Waals surface area (Å²) in [6.45, 7) is 6.25. The van der Waals surface area contributed by atoms with Gasteiger partial charge in [-0.1, -0.05) is 112 Å². The molecule has 0 spiro atoms. The maximum Gasteiger partial charge on any atom is 0.105 e. The molecule has 0 aliphatic rings. The molecule has 28 heavy (non-hydrogen) atoms. The van der Waals surface area contributed by atoms with Gasteiger partial charge in [-0.05, 0) is 12.8 Å². The van der Waals surface area contributed by atoms with Crippen molar-refractivity contribution in [1.82, 2.24) is 0 Å². The monoisotopic (exact) mass is 430 g/mol. The number of hydrogen-bond acceptors (Lipinski definition) is 4. The summed E-state index contributed by atoms with van der Waals surface area (Å²) in [6, 6.07) is 0. The molecular weight excluding hydrogens is 384 g/mol. The van der Waals surface area contributed by atoms with Gasteiger partial charge >= 0.3 is 0 Å². The van der Waals surface area contributed by atoms with Crippen LogP contribution in [0.5, 0.6) is 0 Å². The molecule has 0 unspecified atom stereocenters. The van der Waals surface area contributed by atoms with Gasteiger partial charge in [0.15, 0.2) is 0 Å². The summed E-state index contributed by atoms with van der Waals surface area (Å²) in [4.78, 5) is 8.94. The third-order valence-corrected chi connectivity index (χ3v) is 6.85. The zero-order valence-corrected chi connectivity index (χ0v) is 20.2. The van der Waals surface area contributed by atoms with Gasteiger partial charge in [-0.25, -0.2) is 0 Å². The van der Waals surface area contributed by atoms with E-state index in [-0.39, 0.29) is 0 Å². The van der Waals surface area contributed by atoms with Crippen molar-refractivity contribution in [2.45, 2.75) is 104 Å². The van der Waals surface area contributed by atoms with Crippen molar-refractivity contribution in [3.05, 3.63) is 0 Å². The lowest BCUT2D eigenvalue weighted by Crippen LogP contribution is -2.17. The predicted octanol–water partition coefficient (Wildman–Crippen LogP) is 6.58. The second-order valence-corrected chi connectivity index (χ2v) is 9.98. The van der Waals surface area contributed by atoms with Gasteiger partial charge in [-0.2, -0.15) is 0 Å². The van der Waals surface area contributed by atoms with Gasteiger partial charge in [0, 0.05) is 13.1 Å². The van der Waals surface area contributed by atoms with Crippen LogP contribution in [0.1, 0.15) is 104 Å². The molecule has 0 aromatic rings. The Morgan fingerprint density at radius 1 is 0.536 bits per heavy atom. The Morgan fingerprint density at radius 2 is 0.857 bits per heavy atom. The van der Waals surface area contributed by atoms with E-state index < -0.39 is 0 Å². The first-order valence-corrected chi connectivity index (χ1v) is 14.0. The smallest absolute Gasteiger partial charge is 0.105 e. The summed E-state index contributed by atoms with van der Waals surface area (Å²) in [5, 5.41) is 0. The molecule has 0 heterocycles. The lowest BCUT2D eigenvalue weighted by atomic mass is 10.1. The SMILES string of the molecule is CCCCCCCCCN=C(N)CSSCC(N)=NCCCCCCCCC. The molecule has 0 atom stereocenters. The molecule has 0 aliphatic carbocycles. The summed E-state index contributed by atoms with van der Waals surface area (Å²) < 4.78 is 0. The first-order valence-electron chi connectivity index (χ1n) is 11.5. The largest absolute Gasteiger partial charge is 0.387 e. The van der Waals surface area contributed by atoms with Gasteiger partial charge in [0.2, 0.25) is 0 Å². The van der Waals surface area contributed by atoms with E-state index in [1.54, 1.807) is 21.6 Å². The van der Waals surface area contributed by atoms with Crippen LogP contribution in [0.3, 0.4) is 0 Å². The summed E-state index contributed by atoms with van der Waals surface area (Å²) in [6.07, 6.45) is 18.4. The minimum atomic E-state index is 0.752. The molecule has 0 aliphatic heterocycles. The highest BCUT2D eigenvalue weighted by Gasteiger charge is 1.98. The Kier molecular flexibility index (Phi) is 22.6. The molecule has 0 aromatic carbocycles. The fraction of sp³-hybridized carbons (Fsp3) is 0.909. The van der Waals surface area contributed by atoms with Crippen LogP contribution in [0, 0.1) is 0 Å². The average Bonchev–Trinajstić information content (AvgIpc) is 2.69. The Morgan fingerprint density at radius 3 is 1.21 bits per heavy atom. The van der Waals surface area contributed by atoms with Crippen LogP contribution in [0.15, 0.2) is 9.98 Å². The number of rotatable bonds is 21. The molecule has 6 heteroatoms. The Bertz CT molecular complexity index is 351. The highest BCUT2D eigenvalue weighted by atomic mass is 33.1. The fourth-order valence-corrected chi connectivity index (χ4v) is 4.69. The lowest BCUT2D eigenvalue weighted by molar-refractivity contribution is 0.593. The highest BCUT2D eigenvalue weighted by molar-refractivity contribution is 8.77. The summed E-state index contributed by atoms with van der Waals surface area (Å²) >= 11 is 0. The van der Waals surface area contributed by atoms with Crippen molar-refractivity contribution in [2.75, 3.05) is 24.6 Å². The minimum Gasteiger partial charge on any atom is -0.387 e. The fourth-order valence-electron chi connectivity index (χ4n) is 2.88. The van der Waals surface area contributed by atoms with Crippen molar-refractivity contribution >= 4 is 33.3 Å². The predicted molar refractivity (Wildman–Crippen MR) is 134 cm³/mol. The molecule has 0 radical (unpaired) electrons. The van der Waals surface area contributed by atoms with Crippen molar-refractivity contribution in [3.63, 3.8) is 0 Å². The normalized spacial score (nSPS) is 12.6. The lowest BCUT2D eigenvalue weighted by Gasteiger charge is -2.03. The summed E-state index contributed by atoms with van der Waals surface area (Å²) in [5.74, 6) is 3.04. The van der Waals surface area contributed by atoms with E-state index in [4.69, 9.17) is 11.5 Å². The number of aliphatic imine (C=N–C) groups is 2. The van der Waals surface area contributed by atoms with Crippen LogP contribution in [0.4, 0.5) is 0 Å². The highest BCUT2D eigenvalue weighted by Crippen LogP contribution is 2.20. The number of unbranched alkanes of at least 4 members (excludes halogenated alkanes) is 12. The number of amidine groups is 2. The molecule has 0 saturated carbocycles. The van der Waals surface area contributed by atoms with E-state index in [9.17, 15) is 0 Å². The molecule has 4 nitrogen and oxygen atoms in total. The molecule has 0 bridgehead atoms.